The van der Waals surface area contributed by atoms with E-state index in [1.807, 2.05) is 17.5 Å². The lowest BCUT2D eigenvalue weighted by Crippen LogP contribution is -2.26. The van der Waals surface area contributed by atoms with Gasteiger partial charge in [0.2, 0.25) is 10.0 Å². The van der Waals surface area contributed by atoms with Gasteiger partial charge in [-0.3, -0.25) is 4.79 Å². The summed E-state index contributed by atoms with van der Waals surface area (Å²) < 4.78 is 36.8. The molecule has 1 aromatic carbocycles. The number of hydrogen-bond donors (Lipinski definition) is 1. The van der Waals surface area contributed by atoms with Crippen molar-refractivity contribution in [3.8, 4) is 10.6 Å². The number of carbonyl (C=O) groups is 1. The Kier molecular flexibility index (Phi) is 6.27. The first-order chi connectivity index (χ1) is 12.9. The average molecular weight is 427 g/mol. The van der Waals surface area contributed by atoms with E-state index in [4.69, 9.17) is 20.9 Å². The fraction of sp³-hybridized carbons (Fsp3) is 0.176. The average Bonchev–Trinajstić information content (AvgIpc) is 3.31. The van der Waals surface area contributed by atoms with Crippen LogP contribution in [0.25, 0.3) is 10.6 Å². The number of nitrogens with one attached hydrogen (secondary N) is 1. The molecule has 3 aromatic rings. The van der Waals surface area contributed by atoms with Crippen molar-refractivity contribution in [2.45, 2.75) is 17.9 Å². The molecule has 142 valence electrons. The summed E-state index contributed by atoms with van der Waals surface area (Å²) in [6, 6.07) is 11.3. The largest absolute Gasteiger partial charge is 0.459 e. The van der Waals surface area contributed by atoms with Crippen LogP contribution in [0.3, 0.4) is 0 Å². The molecule has 0 aliphatic carbocycles. The molecule has 0 saturated heterocycles. The van der Waals surface area contributed by atoms with Crippen LogP contribution in [-0.4, -0.2) is 26.1 Å². The van der Waals surface area contributed by atoms with E-state index in [-0.39, 0.29) is 24.5 Å². The molecule has 2 aromatic heterocycles. The Morgan fingerprint density at radius 1 is 1.26 bits per heavy atom. The highest BCUT2D eigenvalue weighted by Crippen LogP contribution is 2.25. The Labute approximate surface area is 165 Å². The quantitative estimate of drug-likeness (QED) is 0.554. The molecule has 3 rings (SSSR count). The van der Waals surface area contributed by atoms with E-state index in [2.05, 4.69) is 9.88 Å². The summed E-state index contributed by atoms with van der Waals surface area (Å²) in [6.45, 7) is -0.137. The Bertz CT molecular complexity index is 1020. The minimum atomic E-state index is -3.74. The van der Waals surface area contributed by atoms with E-state index in [0.29, 0.717) is 16.5 Å². The SMILES string of the molecule is O=C(CCNS(=O)(=O)c1cccc(Cl)c1)OCc1cc(-c2cccs2)on1. The van der Waals surface area contributed by atoms with Crippen molar-refractivity contribution >= 4 is 38.9 Å². The van der Waals surface area contributed by atoms with Gasteiger partial charge in [0.15, 0.2) is 5.76 Å². The molecular weight excluding hydrogens is 412 g/mol. The second kappa shape index (κ2) is 8.66. The monoisotopic (exact) mass is 426 g/mol. The highest BCUT2D eigenvalue weighted by atomic mass is 35.5. The van der Waals surface area contributed by atoms with E-state index in [1.165, 1.54) is 29.5 Å². The van der Waals surface area contributed by atoms with Crippen molar-refractivity contribution < 1.29 is 22.5 Å². The zero-order valence-corrected chi connectivity index (χ0v) is 16.3. The third-order valence-corrected chi connectivity index (χ3v) is 6.01. The molecule has 0 aliphatic rings. The van der Waals surface area contributed by atoms with E-state index >= 15 is 0 Å². The van der Waals surface area contributed by atoms with E-state index in [9.17, 15) is 13.2 Å². The highest BCUT2D eigenvalue weighted by Gasteiger charge is 2.15. The number of benzene rings is 1. The highest BCUT2D eigenvalue weighted by molar-refractivity contribution is 7.89. The van der Waals surface area contributed by atoms with Crippen molar-refractivity contribution in [1.82, 2.24) is 9.88 Å². The molecule has 0 unspecified atom stereocenters. The van der Waals surface area contributed by atoms with Gasteiger partial charge in [0.1, 0.15) is 12.3 Å². The lowest BCUT2D eigenvalue weighted by atomic mass is 10.3. The number of thiophene rings is 1. The van der Waals surface area contributed by atoms with Crippen LogP contribution in [0.4, 0.5) is 0 Å². The standard InChI is InChI=1S/C17H15ClN2O5S2/c18-12-3-1-4-14(9-12)27(22,23)19-7-6-17(21)24-11-13-10-15(25-20-13)16-5-2-8-26-16/h1-5,8-10,19H,6-7,11H2. The Morgan fingerprint density at radius 2 is 2.11 bits per heavy atom. The van der Waals surface area contributed by atoms with Crippen LogP contribution >= 0.6 is 22.9 Å². The molecule has 0 saturated carbocycles. The number of halogens is 1. The van der Waals surface area contributed by atoms with Crippen molar-refractivity contribution in [3.05, 3.63) is 58.6 Å². The Hall–Kier alpha value is -2.20. The Balaban J connectivity index is 1.45. The minimum absolute atomic E-state index is 0.0343. The predicted molar refractivity (Wildman–Crippen MR) is 101 cm³/mol. The van der Waals surface area contributed by atoms with Crippen molar-refractivity contribution in [3.63, 3.8) is 0 Å². The number of carbonyl (C=O) groups excluding carboxylic acids is 1. The third kappa shape index (κ3) is 5.39. The first kappa shape index (κ1) is 19.6. The maximum Gasteiger partial charge on any atom is 0.307 e. The molecule has 0 aliphatic heterocycles. The molecule has 1 N–H and O–H groups in total. The van der Waals surface area contributed by atoms with Gasteiger partial charge in [-0.05, 0) is 29.6 Å². The fourth-order valence-electron chi connectivity index (χ4n) is 2.15. The molecule has 0 spiro atoms. The van der Waals surface area contributed by atoms with Gasteiger partial charge in [-0.15, -0.1) is 11.3 Å². The topological polar surface area (TPSA) is 98.5 Å². The number of ether oxygens (including phenoxy) is 1. The summed E-state index contributed by atoms with van der Waals surface area (Å²) in [5.74, 6) is 0.0507. The maximum atomic E-state index is 12.1. The van der Waals surface area contributed by atoms with Gasteiger partial charge in [0.25, 0.3) is 0 Å². The zero-order valence-electron chi connectivity index (χ0n) is 13.9. The van der Waals surface area contributed by atoms with Crippen LogP contribution in [-0.2, 0) is 26.2 Å². The second-order valence-corrected chi connectivity index (χ2v) is 8.58. The number of aromatic nitrogens is 1. The third-order valence-electron chi connectivity index (χ3n) is 3.43. The van der Waals surface area contributed by atoms with Gasteiger partial charge in [-0.2, -0.15) is 0 Å². The summed E-state index contributed by atoms with van der Waals surface area (Å²) in [4.78, 5) is 12.8. The van der Waals surface area contributed by atoms with Crippen molar-refractivity contribution in [1.29, 1.82) is 0 Å². The molecule has 27 heavy (non-hydrogen) atoms. The predicted octanol–water partition coefficient (Wildman–Crippen LogP) is 3.47. The number of hydrogen-bond acceptors (Lipinski definition) is 7. The minimum Gasteiger partial charge on any atom is -0.459 e. The number of esters is 1. The molecule has 10 heteroatoms. The lowest BCUT2D eigenvalue weighted by molar-refractivity contribution is -0.144. The summed E-state index contributed by atoms with van der Waals surface area (Å²) in [5, 5.41) is 6.07. The van der Waals surface area contributed by atoms with Gasteiger partial charge >= 0.3 is 5.97 Å². The smallest absolute Gasteiger partial charge is 0.307 e. The van der Waals surface area contributed by atoms with Crippen molar-refractivity contribution in [2.75, 3.05) is 6.54 Å². The van der Waals surface area contributed by atoms with Crippen molar-refractivity contribution in [2.24, 2.45) is 0 Å². The molecule has 0 fully saturated rings. The Morgan fingerprint density at radius 3 is 2.85 bits per heavy atom. The summed E-state index contributed by atoms with van der Waals surface area (Å²) in [6.07, 6.45) is -0.116. The van der Waals surface area contributed by atoms with Crippen LogP contribution < -0.4 is 4.72 Å². The zero-order chi connectivity index (χ0) is 19.3. The lowest BCUT2D eigenvalue weighted by Gasteiger charge is -2.07. The van der Waals surface area contributed by atoms with Gasteiger partial charge in [0.05, 0.1) is 16.2 Å². The molecule has 0 radical (unpaired) electrons. The van der Waals surface area contributed by atoms with Gasteiger partial charge in [-0.1, -0.05) is 28.9 Å². The first-order valence-electron chi connectivity index (χ1n) is 7.84. The molecule has 2 heterocycles. The number of nitrogens with zero attached hydrogens (tertiary/aromatic N) is 1. The van der Waals surface area contributed by atoms with Crippen LogP contribution in [0.5, 0.6) is 0 Å². The van der Waals surface area contributed by atoms with Crippen LogP contribution in [0.15, 0.2) is 57.3 Å². The van der Waals surface area contributed by atoms with E-state index < -0.39 is 16.0 Å². The van der Waals surface area contributed by atoms with E-state index in [0.717, 1.165) is 4.88 Å². The molecular formula is C17H15ClN2O5S2. The number of rotatable bonds is 8. The second-order valence-electron chi connectivity index (χ2n) is 5.43. The fourth-order valence-corrected chi connectivity index (χ4v) is 4.15. The normalized spacial score (nSPS) is 11.4. The van der Waals surface area contributed by atoms with E-state index in [1.54, 1.807) is 12.1 Å². The first-order valence-corrected chi connectivity index (χ1v) is 10.6. The molecule has 0 bridgehead atoms. The summed E-state index contributed by atoms with van der Waals surface area (Å²) >= 11 is 7.30. The van der Waals surface area contributed by atoms with Gasteiger partial charge in [0, 0.05) is 17.6 Å². The molecule has 0 atom stereocenters. The molecule has 0 amide bonds. The van der Waals surface area contributed by atoms with Gasteiger partial charge < -0.3 is 9.26 Å². The van der Waals surface area contributed by atoms with Crippen LogP contribution in [0.2, 0.25) is 5.02 Å². The van der Waals surface area contributed by atoms with Crippen LogP contribution in [0.1, 0.15) is 12.1 Å². The summed E-state index contributed by atoms with van der Waals surface area (Å²) in [7, 11) is -3.74. The summed E-state index contributed by atoms with van der Waals surface area (Å²) in [5.41, 5.74) is 0.478. The number of sulfonamides is 1. The molecule has 7 nitrogen and oxygen atoms in total. The van der Waals surface area contributed by atoms with Crippen LogP contribution in [0, 0.1) is 0 Å². The maximum absolute atomic E-state index is 12.1. The van der Waals surface area contributed by atoms with Gasteiger partial charge in [-0.25, -0.2) is 13.1 Å².